The van der Waals surface area contributed by atoms with Crippen molar-refractivity contribution in [3.8, 4) is 0 Å². The highest BCUT2D eigenvalue weighted by atomic mass is 16.2. The Morgan fingerprint density at radius 2 is 2.28 bits per heavy atom. The van der Waals surface area contributed by atoms with Gasteiger partial charge in [0.1, 0.15) is 0 Å². The van der Waals surface area contributed by atoms with Gasteiger partial charge in [0.15, 0.2) is 0 Å². The largest absolute Gasteiger partial charge is 0.351 e. The molecule has 0 aromatic carbocycles. The summed E-state index contributed by atoms with van der Waals surface area (Å²) in [5.41, 5.74) is 0. The predicted molar refractivity (Wildman–Crippen MR) is 73.5 cm³/mol. The Morgan fingerprint density at radius 3 is 3.00 bits per heavy atom. The summed E-state index contributed by atoms with van der Waals surface area (Å²) in [4.78, 5) is 14.5. The molecule has 2 aliphatic rings. The van der Waals surface area contributed by atoms with E-state index in [-0.39, 0.29) is 11.9 Å². The molecule has 1 amide bonds. The van der Waals surface area contributed by atoms with Gasteiger partial charge in [-0.3, -0.25) is 4.79 Å². The highest BCUT2D eigenvalue weighted by Crippen LogP contribution is 2.19. The number of hydrogen-bond acceptors (Lipinski definition) is 3. The molecule has 3 unspecified atom stereocenters. The van der Waals surface area contributed by atoms with E-state index in [9.17, 15) is 4.79 Å². The number of nitrogens with zero attached hydrogens (tertiary/aromatic N) is 1. The third-order valence-electron chi connectivity index (χ3n) is 4.38. The summed E-state index contributed by atoms with van der Waals surface area (Å²) in [6, 6.07) is 0.385. The topological polar surface area (TPSA) is 44.4 Å². The minimum absolute atomic E-state index is 0.0379. The number of amides is 1. The summed E-state index contributed by atoms with van der Waals surface area (Å²) < 4.78 is 0. The summed E-state index contributed by atoms with van der Waals surface area (Å²) in [7, 11) is 2.13. The van der Waals surface area contributed by atoms with E-state index < -0.39 is 0 Å². The average molecular weight is 253 g/mol. The summed E-state index contributed by atoms with van der Waals surface area (Å²) in [5, 5.41) is 6.58. The molecule has 0 bridgehead atoms. The maximum Gasteiger partial charge on any atom is 0.237 e. The van der Waals surface area contributed by atoms with E-state index in [1.807, 2.05) is 0 Å². The molecule has 2 N–H and O–H groups in total. The van der Waals surface area contributed by atoms with Crippen molar-refractivity contribution in [3.63, 3.8) is 0 Å². The highest BCUT2D eigenvalue weighted by Gasteiger charge is 2.28. The molecule has 0 saturated carbocycles. The zero-order valence-corrected chi connectivity index (χ0v) is 11.7. The van der Waals surface area contributed by atoms with Crippen molar-refractivity contribution in [2.75, 3.05) is 26.7 Å². The van der Waals surface area contributed by atoms with E-state index in [0.29, 0.717) is 6.04 Å². The number of likely N-dealkylation sites (tertiary alicyclic amines) is 1. The number of piperidine rings is 2. The zero-order valence-electron chi connectivity index (χ0n) is 11.7. The number of rotatable bonds is 3. The lowest BCUT2D eigenvalue weighted by Gasteiger charge is -2.33. The molecule has 104 valence electrons. The van der Waals surface area contributed by atoms with Crippen LogP contribution in [0.3, 0.4) is 0 Å². The third kappa shape index (κ3) is 3.69. The quantitative estimate of drug-likeness (QED) is 0.788. The van der Waals surface area contributed by atoms with E-state index in [0.717, 1.165) is 38.4 Å². The molecule has 2 fully saturated rings. The molecule has 4 heteroatoms. The van der Waals surface area contributed by atoms with E-state index in [1.165, 1.54) is 19.3 Å². The molecule has 2 saturated heterocycles. The minimum Gasteiger partial charge on any atom is -0.351 e. The van der Waals surface area contributed by atoms with Crippen molar-refractivity contribution in [3.05, 3.63) is 0 Å². The van der Waals surface area contributed by atoms with Crippen molar-refractivity contribution < 1.29 is 4.79 Å². The number of nitrogens with one attached hydrogen (secondary N) is 2. The van der Waals surface area contributed by atoms with Gasteiger partial charge in [0.25, 0.3) is 0 Å². The van der Waals surface area contributed by atoms with Crippen LogP contribution in [-0.4, -0.2) is 49.6 Å². The first-order valence-corrected chi connectivity index (χ1v) is 7.41. The fraction of sp³-hybridized carbons (Fsp3) is 0.929. The Hall–Kier alpha value is -0.610. The normalized spacial score (nSPS) is 34.2. The van der Waals surface area contributed by atoms with Crippen LogP contribution < -0.4 is 10.6 Å². The Bertz CT molecular complexity index is 282. The molecule has 0 aliphatic carbocycles. The molecule has 2 heterocycles. The molecule has 2 rings (SSSR count). The summed E-state index contributed by atoms with van der Waals surface area (Å²) in [5.74, 6) is 0.935. The molecule has 4 nitrogen and oxygen atoms in total. The van der Waals surface area contributed by atoms with Crippen LogP contribution in [0.4, 0.5) is 0 Å². The molecule has 18 heavy (non-hydrogen) atoms. The predicted octanol–water partition coefficient (Wildman–Crippen LogP) is 0.975. The van der Waals surface area contributed by atoms with Gasteiger partial charge >= 0.3 is 0 Å². The van der Waals surface area contributed by atoms with Gasteiger partial charge in [0, 0.05) is 12.6 Å². The fourth-order valence-electron chi connectivity index (χ4n) is 3.15. The van der Waals surface area contributed by atoms with Crippen molar-refractivity contribution in [1.29, 1.82) is 0 Å². The van der Waals surface area contributed by atoms with Gasteiger partial charge in [-0.25, -0.2) is 0 Å². The second-order valence-corrected chi connectivity index (χ2v) is 5.92. The zero-order chi connectivity index (χ0) is 13.0. The van der Waals surface area contributed by atoms with Gasteiger partial charge in [0.05, 0.1) is 6.04 Å². The van der Waals surface area contributed by atoms with Crippen LogP contribution >= 0.6 is 0 Å². The molecule has 0 aromatic rings. The Balaban J connectivity index is 1.79. The number of carbonyl (C=O) groups is 1. The number of carbonyl (C=O) groups excluding carboxylic acids is 1. The minimum atomic E-state index is 0.0379. The molecule has 0 radical (unpaired) electrons. The Morgan fingerprint density at radius 1 is 1.44 bits per heavy atom. The van der Waals surface area contributed by atoms with Crippen LogP contribution in [0.1, 0.15) is 39.0 Å². The maximum atomic E-state index is 12.2. The van der Waals surface area contributed by atoms with Crippen LogP contribution in [0, 0.1) is 5.92 Å². The van der Waals surface area contributed by atoms with E-state index in [4.69, 9.17) is 0 Å². The Kier molecular flexibility index (Phi) is 5.01. The number of hydrogen-bond donors (Lipinski definition) is 2. The van der Waals surface area contributed by atoms with E-state index in [2.05, 4.69) is 29.5 Å². The lowest BCUT2D eigenvalue weighted by atomic mass is 9.90. The smallest absolute Gasteiger partial charge is 0.237 e. The number of likely N-dealkylation sites (N-methyl/N-ethyl adjacent to an activating group) is 1. The first kappa shape index (κ1) is 13.8. The van der Waals surface area contributed by atoms with Crippen molar-refractivity contribution >= 4 is 5.91 Å². The van der Waals surface area contributed by atoms with Gasteiger partial charge in [0.2, 0.25) is 5.91 Å². The molecule has 0 aromatic heterocycles. The van der Waals surface area contributed by atoms with Gasteiger partial charge in [-0.2, -0.15) is 0 Å². The third-order valence-corrected chi connectivity index (χ3v) is 4.38. The maximum absolute atomic E-state index is 12.2. The first-order valence-electron chi connectivity index (χ1n) is 7.41. The standard InChI is InChI=1S/C14H27N3O/c1-3-11-6-7-15-13(9-11)14(18)16-12-5-4-8-17(2)10-12/h11-13,15H,3-10H2,1-2H3,(H,16,18). The summed E-state index contributed by atoms with van der Waals surface area (Å²) in [6.07, 6.45) is 5.73. The second-order valence-electron chi connectivity index (χ2n) is 5.92. The summed E-state index contributed by atoms with van der Waals surface area (Å²) in [6.45, 7) is 5.36. The van der Waals surface area contributed by atoms with Gasteiger partial charge in [-0.1, -0.05) is 13.3 Å². The van der Waals surface area contributed by atoms with Gasteiger partial charge in [-0.05, 0) is 51.7 Å². The van der Waals surface area contributed by atoms with Gasteiger partial charge in [-0.15, -0.1) is 0 Å². The lowest BCUT2D eigenvalue weighted by Crippen LogP contribution is -2.54. The van der Waals surface area contributed by atoms with Crippen LogP contribution in [0.15, 0.2) is 0 Å². The van der Waals surface area contributed by atoms with Crippen LogP contribution in [0.25, 0.3) is 0 Å². The molecule has 0 spiro atoms. The molecular formula is C14H27N3O. The molecular weight excluding hydrogens is 226 g/mol. The molecule has 3 atom stereocenters. The van der Waals surface area contributed by atoms with Crippen molar-refractivity contribution in [1.82, 2.24) is 15.5 Å². The molecule has 2 aliphatic heterocycles. The second kappa shape index (κ2) is 6.53. The van der Waals surface area contributed by atoms with Crippen molar-refractivity contribution in [2.24, 2.45) is 5.92 Å². The Labute approximate surface area is 110 Å². The van der Waals surface area contributed by atoms with Crippen molar-refractivity contribution in [2.45, 2.75) is 51.1 Å². The summed E-state index contributed by atoms with van der Waals surface area (Å²) >= 11 is 0. The SMILES string of the molecule is CCC1CCNC(C(=O)NC2CCCN(C)C2)C1. The fourth-order valence-corrected chi connectivity index (χ4v) is 3.15. The first-order chi connectivity index (χ1) is 8.69. The highest BCUT2D eigenvalue weighted by molar-refractivity contribution is 5.82. The average Bonchev–Trinajstić information content (AvgIpc) is 2.39. The van der Waals surface area contributed by atoms with Crippen LogP contribution in [0.2, 0.25) is 0 Å². The van der Waals surface area contributed by atoms with E-state index in [1.54, 1.807) is 0 Å². The van der Waals surface area contributed by atoms with Crippen LogP contribution in [-0.2, 0) is 4.79 Å². The van der Waals surface area contributed by atoms with Gasteiger partial charge < -0.3 is 15.5 Å². The van der Waals surface area contributed by atoms with E-state index >= 15 is 0 Å². The lowest BCUT2D eigenvalue weighted by molar-refractivity contribution is -0.125. The monoisotopic (exact) mass is 253 g/mol. The van der Waals surface area contributed by atoms with Crippen LogP contribution in [0.5, 0.6) is 0 Å².